The lowest BCUT2D eigenvalue weighted by molar-refractivity contribution is -0.138. The maximum Gasteiger partial charge on any atom is 0.224 e. The van der Waals surface area contributed by atoms with E-state index in [1.54, 1.807) is 18.1 Å². The van der Waals surface area contributed by atoms with Crippen molar-refractivity contribution < 1.29 is 9.53 Å². The van der Waals surface area contributed by atoms with E-state index in [1.165, 1.54) is 0 Å². The largest absolute Gasteiger partial charge is 0.381 e. The second kappa shape index (κ2) is 5.24. The van der Waals surface area contributed by atoms with Crippen molar-refractivity contribution >= 4 is 5.91 Å². The molecule has 7 heteroatoms. The summed E-state index contributed by atoms with van der Waals surface area (Å²) < 4.78 is 7.05. The fourth-order valence-electron chi connectivity index (χ4n) is 3.35. The number of ether oxygens (including phenoxy) is 1. The molecule has 0 radical (unpaired) electrons. The van der Waals surface area contributed by atoms with E-state index in [9.17, 15) is 4.79 Å². The third-order valence-corrected chi connectivity index (χ3v) is 4.26. The summed E-state index contributed by atoms with van der Waals surface area (Å²) >= 11 is 0. The van der Waals surface area contributed by atoms with Gasteiger partial charge in [0.25, 0.3) is 0 Å². The van der Waals surface area contributed by atoms with E-state index in [4.69, 9.17) is 4.74 Å². The number of hydrogen-bond acceptors (Lipinski definition) is 5. The zero-order valence-corrected chi connectivity index (χ0v) is 11.1. The Morgan fingerprint density at radius 1 is 1.37 bits per heavy atom. The summed E-state index contributed by atoms with van der Waals surface area (Å²) in [5, 5.41) is 10.9. The first-order valence-corrected chi connectivity index (χ1v) is 6.82. The Bertz CT molecular complexity index is 421. The molecule has 3 rings (SSSR count). The summed E-state index contributed by atoms with van der Waals surface area (Å²) in [5.41, 5.74) is 0. The van der Waals surface area contributed by atoms with E-state index in [-0.39, 0.29) is 5.91 Å². The molecule has 19 heavy (non-hydrogen) atoms. The average Bonchev–Trinajstić information content (AvgIpc) is 3.02. The van der Waals surface area contributed by atoms with E-state index in [2.05, 4.69) is 20.4 Å². The molecule has 2 saturated heterocycles. The van der Waals surface area contributed by atoms with Gasteiger partial charge in [-0.2, -0.15) is 0 Å². The topological polar surface area (TPSA) is 73.1 Å². The number of hydrogen-bond donors (Lipinski definition) is 0. The van der Waals surface area contributed by atoms with Gasteiger partial charge in [0.2, 0.25) is 5.91 Å². The zero-order chi connectivity index (χ0) is 13.2. The van der Waals surface area contributed by atoms with E-state index < -0.39 is 0 Å². The quantitative estimate of drug-likeness (QED) is 0.779. The van der Waals surface area contributed by atoms with Crippen molar-refractivity contribution in [3.63, 3.8) is 0 Å². The number of fused-ring (bicyclic) bond motifs is 2. The molecule has 3 atom stereocenters. The van der Waals surface area contributed by atoms with Crippen LogP contribution in [0.3, 0.4) is 0 Å². The molecule has 1 aromatic rings. The summed E-state index contributed by atoms with van der Waals surface area (Å²) in [4.78, 5) is 14.4. The third kappa shape index (κ3) is 2.47. The highest BCUT2D eigenvalue weighted by Gasteiger charge is 2.42. The van der Waals surface area contributed by atoms with Crippen molar-refractivity contribution in [2.75, 3.05) is 7.11 Å². The number of aryl methyl sites for hydroxylation is 1. The minimum atomic E-state index is 0.220. The first-order valence-electron chi connectivity index (χ1n) is 6.82. The predicted octanol–water partition coefficient (Wildman–Crippen LogP) is 0.232. The number of aromatic nitrogens is 4. The molecule has 7 nitrogen and oxygen atoms in total. The zero-order valence-electron chi connectivity index (χ0n) is 11.1. The Morgan fingerprint density at radius 2 is 2.11 bits per heavy atom. The average molecular weight is 265 g/mol. The first-order chi connectivity index (χ1) is 9.28. The maximum atomic E-state index is 12.4. The van der Waals surface area contributed by atoms with Crippen molar-refractivity contribution in [1.82, 2.24) is 25.1 Å². The molecule has 0 aliphatic carbocycles. The van der Waals surface area contributed by atoms with E-state index >= 15 is 0 Å². The number of tetrazole rings is 1. The highest BCUT2D eigenvalue weighted by Crippen LogP contribution is 2.37. The summed E-state index contributed by atoms with van der Waals surface area (Å²) in [6.07, 6.45) is 6.51. The molecule has 1 amide bonds. The standard InChI is InChI=1S/C12H19N5O2/c1-19-11-6-9-2-3-10(7-11)17(9)12(18)4-5-16-8-13-14-15-16/h8-11H,2-7H2,1H3/t9-,10+,11?. The van der Waals surface area contributed by atoms with Gasteiger partial charge in [0.1, 0.15) is 6.33 Å². The van der Waals surface area contributed by atoms with Crippen LogP contribution >= 0.6 is 0 Å². The van der Waals surface area contributed by atoms with Crippen LogP contribution in [0.5, 0.6) is 0 Å². The van der Waals surface area contributed by atoms with Gasteiger partial charge in [-0.15, -0.1) is 5.10 Å². The van der Waals surface area contributed by atoms with Gasteiger partial charge in [0.15, 0.2) is 0 Å². The number of rotatable bonds is 4. The lowest BCUT2D eigenvalue weighted by Crippen LogP contribution is -2.48. The second-order valence-electron chi connectivity index (χ2n) is 5.34. The van der Waals surface area contributed by atoms with Gasteiger partial charge in [-0.05, 0) is 36.1 Å². The minimum absolute atomic E-state index is 0.220. The Morgan fingerprint density at radius 3 is 2.68 bits per heavy atom. The molecule has 0 spiro atoms. The molecule has 0 saturated carbocycles. The Kier molecular flexibility index (Phi) is 3.46. The first kappa shape index (κ1) is 12.5. The molecular weight excluding hydrogens is 246 g/mol. The van der Waals surface area contributed by atoms with Gasteiger partial charge in [-0.3, -0.25) is 4.79 Å². The maximum absolute atomic E-state index is 12.4. The van der Waals surface area contributed by atoms with Crippen molar-refractivity contribution in [3.05, 3.63) is 6.33 Å². The predicted molar refractivity (Wildman–Crippen MR) is 66.1 cm³/mol. The van der Waals surface area contributed by atoms with Crippen molar-refractivity contribution in [2.45, 2.75) is 56.8 Å². The van der Waals surface area contributed by atoms with Crippen molar-refractivity contribution in [1.29, 1.82) is 0 Å². The van der Waals surface area contributed by atoms with E-state index in [1.807, 2.05) is 0 Å². The molecule has 2 aliphatic heterocycles. The molecule has 2 aliphatic rings. The smallest absolute Gasteiger partial charge is 0.224 e. The highest BCUT2D eigenvalue weighted by molar-refractivity contribution is 5.77. The highest BCUT2D eigenvalue weighted by atomic mass is 16.5. The number of piperidine rings is 1. The van der Waals surface area contributed by atoms with Crippen LogP contribution in [0.25, 0.3) is 0 Å². The molecule has 0 N–H and O–H groups in total. The van der Waals surface area contributed by atoms with Gasteiger partial charge in [0.05, 0.1) is 12.6 Å². The summed E-state index contributed by atoms with van der Waals surface area (Å²) in [7, 11) is 1.76. The SMILES string of the molecule is COC1C[C@H]2CC[C@@H](C1)N2C(=O)CCn1cnnn1. The normalized spacial score (nSPS) is 29.7. The number of amides is 1. The van der Waals surface area contributed by atoms with Gasteiger partial charge in [-0.1, -0.05) is 0 Å². The van der Waals surface area contributed by atoms with Crippen LogP contribution in [-0.4, -0.2) is 56.3 Å². The van der Waals surface area contributed by atoms with Crippen LogP contribution in [0.15, 0.2) is 6.33 Å². The van der Waals surface area contributed by atoms with Gasteiger partial charge >= 0.3 is 0 Å². The number of methoxy groups -OCH3 is 1. The molecule has 3 heterocycles. The van der Waals surface area contributed by atoms with Gasteiger partial charge < -0.3 is 9.64 Å². The monoisotopic (exact) mass is 265 g/mol. The van der Waals surface area contributed by atoms with Crippen LogP contribution in [0.2, 0.25) is 0 Å². The molecule has 2 fully saturated rings. The fourth-order valence-corrected chi connectivity index (χ4v) is 3.35. The lowest BCUT2D eigenvalue weighted by atomic mass is 9.99. The Balaban J connectivity index is 1.58. The molecule has 2 bridgehead atoms. The Labute approximate surface area is 111 Å². The number of nitrogens with zero attached hydrogens (tertiary/aromatic N) is 5. The summed E-state index contributed by atoms with van der Waals surface area (Å²) in [6.45, 7) is 0.551. The van der Waals surface area contributed by atoms with E-state index in [0.717, 1.165) is 25.7 Å². The molecule has 1 aromatic heterocycles. The lowest BCUT2D eigenvalue weighted by Gasteiger charge is -2.38. The number of carbonyl (C=O) groups is 1. The third-order valence-electron chi connectivity index (χ3n) is 4.26. The summed E-state index contributed by atoms with van der Waals surface area (Å²) in [5.74, 6) is 0.220. The molecular formula is C12H19N5O2. The molecule has 104 valence electrons. The summed E-state index contributed by atoms with van der Waals surface area (Å²) in [6, 6.07) is 0.732. The molecule has 1 unspecified atom stereocenters. The van der Waals surface area contributed by atoms with Crippen LogP contribution in [-0.2, 0) is 16.1 Å². The second-order valence-corrected chi connectivity index (χ2v) is 5.34. The van der Waals surface area contributed by atoms with Crippen molar-refractivity contribution in [2.24, 2.45) is 0 Å². The Hall–Kier alpha value is -1.50. The van der Waals surface area contributed by atoms with E-state index in [0.29, 0.717) is 31.2 Å². The van der Waals surface area contributed by atoms with Crippen LogP contribution in [0.4, 0.5) is 0 Å². The van der Waals surface area contributed by atoms with Crippen LogP contribution in [0.1, 0.15) is 32.1 Å². The minimum Gasteiger partial charge on any atom is -0.381 e. The van der Waals surface area contributed by atoms with Gasteiger partial charge in [-0.25, -0.2) is 4.68 Å². The van der Waals surface area contributed by atoms with Gasteiger partial charge in [0, 0.05) is 25.6 Å². The fraction of sp³-hybridized carbons (Fsp3) is 0.833. The molecule has 0 aromatic carbocycles. The number of carbonyl (C=O) groups excluding carboxylic acids is 1. The van der Waals surface area contributed by atoms with Crippen LogP contribution in [0, 0.1) is 0 Å². The van der Waals surface area contributed by atoms with Crippen LogP contribution < -0.4 is 0 Å². The van der Waals surface area contributed by atoms with Crippen molar-refractivity contribution in [3.8, 4) is 0 Å².